The first-order valence-electron chi connectivity index (χ1n) is 6.81. The van der Waals surface area contributed by atoms with Gasteiger partial charge in [0.25, 0.3) is 0 Å². The van der Waals surface area contributed by atoms with Crippen LogP contribution in [0.15, 0.2) is 53.6 Å². The Morgan fingerprint density at radius 2 is 1.71 bits per heavy atom. The standard InChI is InChI=1S/C16H13ClF3N3S/c1-10(11-6-8-12(17)9-7-11)22-23-15(24)21-14-5-3-2-4-13(14)16(18,19)20/h2-9H,1H3,(H2,21,23,24)/b22-10-. The van der Waals surface area contributed by atoms with E-state index in [-0.39, 0.29) is 10.8 Å². The van der Waals surface area contributed by atoms with Crippen LogP contribution in [0.4, 0.5) is 18.9 Å². The molecule has 2 aromatic rings. The molecule has 0 saturated heterocycles. The molecule has 2 rings (SSSR count). The number of nitrogens with one attached hydrogen (secondary N) is 2. The summed E-state index contributed by atoms with van der Waals surface area (Å²) in [5.41, 5.74) is 3.02. The summed E-state index contributed by atoms with van der Waals surface area (Å²) >= 11 is 10.8. The van der Waals surface area contributed by atoms with E-state index in [0.717, 1.165) is 11.6 Å². The molecular weight excluding hydrogens is 359 g/mol. The van der Waals surface area contributed by atoms with Crippen LogP contribution in [0.5, 0.6) is 0 Å². The molecule has 0 fully saturated rings. The summed E-state index contributed by atoms with van der Waals surface area (Å²) in [5.74, 6) is 0. The zero-order valence-corrected chi connectivity index (χ0v) is 14.1. The lowest BCUT2D eigenvalue weighted by Crippen LogP contribution is -2.26. The second kappa shape index (κ2) is 7.63. The molecule has 8 heteroatoms. The molecule has 0 atom stereocenters. The van der Waals surface area contributed by atoms with Crippen molar-refractivity contribution < 1.29 is 13.2 Å². The van der Waals surface area contributed by atoms with Gasteiger partial charge in [-0.05, 0) is 49.0 Å². The average molecular weight is 372 g/mol. The highest BCUT2D eigenvalue weighted by Crippen LogP contribution is 2.34. The Hall–Kier alpha value is -2.12. The third-order valence-electron chi connectivity index (χ3n) is 3.07. The minimum absolute atomic E-state index is 0.0417. The fourth-order valence-electron chi connectivity index (χ4n) is 1.88. The number of alkyl halides is 3. The Labute approximate surface area is 147 Å². The van der Waals surface area contributed by atoms with Crippen LogP contribution in [0.2, 0.25) is 5.02 Å². The molecule has 0 bridgehead atoms. The van der Waals surface area contributed by atoms with Gasteiger partial charge in [-0.25, -0.2) is 0 Å². The second-order valence-electron chi connectivity index (χ2n) is 4.81. The molecule has 0 heterocycles. The SMILES string of the molecule is C/C(=N/NC(=S)Nc1ccccc1C(F)(F)F)c1ccc(Cl)cc1. The molecule has 0 aliphatic rings. The van der Waals surface area contributed by atoms with Gasteiger partial charge in [-0.3, -0.25) is 5.43 Å². The number of nitrogens with zero attached hydrogens (tertiary/aromatic N) is 1. The smallest absolute Gasteiger partial charge is 0.331 e. The number of anilines is 1. The number of halogens is 4. The Bertz CT molecular complexity index is 758. The van der Waals surface area contributed by atoms with E-state index in [0.29, 0.717) is 10.7 Å². The van der Waals surface area contributed by atoms with Crippen LogP contribution in [0.3, 0.4) is 0 Å². The molecule has 2 N–H and O–H groups in total. The molecule has 0 aromatic heterocycles. The van der Waals surface area contributed by atoms with Crippen molar-refractivity contribution in [2.24, 2.45) is 5.10 Å². The van der Waals surface area contributed by atoms with Gasteiger partial charge in [0.05, 0.1) is 17.0 Å². The maximum atomic E-state index is 12.9. The van der Waals surface area contributed by atoms with Gasteiger partial charge in [0.15, 0.2) is 5.11 Å². The third kappa shape index (κ3) is 4.94. The largest absolute Gasteiger partial charge is 0.418 e. The van der Waals surface area contributed by atoms with Gasteiger partial charge in [0, 0.05) is 5.02 Å². The lowest BCUT2D eigenvalue weighted by atomic mass is 10.1. The third-order valence-corrected chi connectivity index (χ3v) is 3.51. The minimum Gasteiger partial charge on any atom is -0.331 e. The number of hydrogen-bond donors (Lipinski definition) is 2. The molecule has 0 saturated carbocycles. The normalized spacial score (nSPS) is 12.0. The van der Waals surface area contributed by atoms with Crippen molar-refractivity contribution in [3.8, 4) is 0 Å². The van der Waals surface area contributed by atoms with E-state index in [1.54, 1.807) is 31.2 Å². The molecule has 0 unspecified atom stereocenters. The van der Waals surface area contributed by atoms with Crippen molar-refractivity contribution in [3.63, 3.8) is 0 Å². The maximum absolute atomic E-state index is 12.9. The lowest BCUT2D eigenvalue weighted by Gasteiger charge is -2.14. The first-order valence-corrected chi connectivity index (χ1v) is 7.59. The van der Waals surface area contributed by atoms with Gasteiger partial charge in [-0.2, -0.15) is 18.3 Å². The number of benzene rings is 2. The predicted octanol–water partition coefficient (Wildman–Crippen LogP) is 5.07. The van der Waals surface area contributed by atoms with Crippen molar-refractivity contribution in [1.82, 2.24) is 5.43 Å². The number of para-hydroxylation sites is 1. The van der Waals surface area contributed by atoms with Crippen molar-refractivity contribution in [1.29, 1.82) is 0 Å². The van der Waals surface area contributed by atoms with Crippen LogP contribution in [0.1, 0.15) is 18.1 Å². The number of hydrogen-bond acceptors (Lipinski definition) is 2. The summed E-state index contributed by atoms with van der Waals surface area (Å²) in [6.07, 6.45) is -4.47. The van der Waals surface area contributed by atoms with E-state index in [9.17, 15) is 13.2 Å². The van der Waals surface area contributed by atoms with E-state index >= 15 is 0 Å². The van der Waals surface area contributed by atoms with Crippen molar-refractivity contribution >= 4 is 40.3 Å². The number of thiocarbonyl (C=S) groups is 1. The quantitative estimate of drug-likeness (QED) is 0.449. The number of rotatable bonds is 3. The van der Waals surface area contributed by atoms with Crippen LogP contribution in [-0.2, 0) is 6.18 Å². The van der Waals surface area contributed by atoms with Gasteiger partial charge >= 0.3 is 6.18 Å². The summed E-state index contributed by atoms with van der Waals surface area (Å²) in [6, 6.07) is 12.1. The van der Waals surface area contributed by atoms with Crippen LogP contribution < -0.4 is 10.7 Å². The lowest BCUT2D eigenvalue weighted by molar-refractivity contribution is -0.136. The van der Waals surface area contributed by atoms with Crippen LogP contribution in [-0.4, -0.2) is 10.8 Å². The van der Waals surface area contributed by atoms with Crippen LogP contribution >= 0.6 is 23.8 Å². The molecule has 0 amide bonds. The molecule has 24 heavy (non-hydrogen) atoms. The van der Waals surface area contributed by atoms with Crippen molar-refractivity contribution in [3.05, 3.63) is 64.7 Å². The highest BCUT2D eigenvalue weighted by Gasteiger charge is 2.33. The molecule has 0 radical (unpaired) electrons. The Morgan fingerprint density at radius 3 is 2.33 bits per heavy atom. The Balaban J connectivity index is 2.06. The molecule has 2 aromatic carbocycles. The van der Waals surface area contributed by atoms with Gasteiger partial charge < -0.3 is 5.32 Å². The number of hydrazone groups is 1. The highest BCUT2D eigenvalue weighted by atomic mass is 35.5. The van der Waals surface area contributed by atoms with Gasteiger partial charge in [0.2, 0.25) is 0 Å². The molecular formula is C16H13ClF3N3S. The highest BCUT2D eigenvalue weighted by molar-refractivity contribution is 7.80. The molecule has 0 aliphatic heterocycles. The van der Waals surface area contributed by atoms with Gasteiger partial charge in [0.1, 0.15) is 0 Å². The Morgan fingerprint density at radius 1 is 1.08 bits per heavy atom. The van der Waals surface area contributed by atoms with Gasteiger partial charge in [-0.1, -0.05) is 35.9 Å². The van der Waals surface area contributed by atoms with Crippen LogP contribution in [0, 0.1) is 0 Å². The molecule has 3 nitrogen and oxygen atoms in total. The molecule has 0 aliphatic carbocycles. The fourth-order valence-corrected chi connectivity index (χ4v) is 2.16. The summed E-state index contributed by atoms with van der Waals surface area (Å²) in [4.78, 5) is 0. The fraction of sp³-hybridized carbons (Fsp3) is 0.125. The first kappa shape index (κ1) is 18.2. The summed E-state index contributed by atoms with van der Waals surface area (Å²) in [5, 5.41) is 7.11. The second-order valence-corrected chi connectivity index (χ2v) is 5.66. The summed E-state index contributed by atoms with van der Waals surface area (Å²) in [6.45, 7) is 1.74. The first-order chi connectivity index (χ1) is 11.3. The molecule has 0 spiro atoms. The Kier molecular flexibility index (Phi) is 5.80. The van der Waals surface area contributed by atoms with Crippen molar-refractivity contribution in [2.45, 2.75) is 13.1 Å². The minimum atomic E-state index is -4.47. The summed E-state index contributed by atoms with van der Waals surface area (Å²) in [7, 11) is 0. The van der Waals surface area contributed by atoms with E-state index in [4.69, 9.17) is 23.8 Å². The van der Waals surface area contributed by atoms with E-state index < -0.39 is 11.7 Å². The average Bonchev–Trinajstić information content (AvgIpc) is 2.53. The van der Waals surface area contributed by atoms with E-state index in [1.807, 2.05) is 0 Å². The molecule has 126 valence electrons. The monoisotopic (exact) mass is 371 g/mol. The maximum Gasteiger partial charge on any atom is 0.418 e. The van der Waals surface area contributed by atoms with E-state index in [1.165, 1.54) is 18.2 Å². The zero-order valence-electron chi connectivity index (χ0n) is 12.5. The summed E-state index contributed by atoms with van der Waals surface area (Å²) < 4.78 is 38.8. The van der Waals surface area contributed by atoms with E-state index in [2.05, 4.69) is 15.8 Å². The topological polar surface area (TPSA) is 36.4 Å². The predicted molar refractivity (Wildman–Crippen MR) is 94.5 cm³/mol. The van der Waals surface area contributed by atoms with Crippen molar-refractivity contribution in [2.75, 3.05) is 5.32 Å². The van der Waals surface area contributed by atoms with Crippen LogP contribution in [0.25, 0.3) is 0 Å². The van der Waals surface area contributed by atoms with Gasteiger partial charge in [-0.15, -0.1) is 0 Å². The zero-order chi connectivity index (χ0) is 17.7.